The SMILES string of the molecule is O=C(O)c1ccc(-[n+]2cc(O)on2)cc1. The smallest absolute Gasteiger partial charge is 0.381 e. The second-order valence-electron chi connectivity index (χ2n) is 2.84. The van der Waals surface area contributed by atoms with Crippen LogP contribution >= 0.6 is 0 Å². The highest BCUT2D eigenvalue weighted by molar-refractivity contribution is 5.87. The number of hydrogen-bond donors (Lipinski definition) is 2. The van der Waals surface area contributed by atoms with Crippen molar-refractivity contribution in [2.45, 2.75) is 0 Å². The van der Waals surface area contributed by atoms with E-state index in [1.165, 1.54) is 23.0 Å². The Morgan fingerprint density at radius 3 is 2.47 bits per heavy atom. The summed E-state index contributed by atoms with van der Waals surface area (Å²) in [4.78, 5) is 10.6. The zero-order valence-electron chi connectivity index (χ0n) is 7.49. The van der Waals surface area contributed by atoms with Gasteiger partial charge in [-0.2, -0.15) is 0 Å². The summed E-state index contributed by atoms with van der Waals surface area (Å²) >= 11 is 0. The van der Waals surface area contributed by atoms with E-state index in [-0.39, 0.29) is 11.5 Å². The predicted octanol–water partition coefficient (Wildman–Crippen LogP) is 0.355. The molecule has 2 aromatic rings. The number of hydrogen-bond acceptors (Lipinski definition) is 4. The lowest BCUT2D eigenvalue weighted by Gasteiger charge is -1.91. The van der Waals surface area contributed by atoms with Crippen LogP contribution in [-0.2, 0) is 0 Å². The van der Waals surface area contributed by atoms with Gasteiger partial charge in [0.15, 0.2) is 0 Å². The molecule has 0 aliphatic rings. The molecule has 0 aliphatic heterocycles. The molecule has 0 amide bonds. The van der Waals surface area contributed by atoms with Crippen LogP contribution in [0.4, 0.5) is 0 Å². The Morgan fingerprint density at radius 1 is 1.33 bits per heavy atom. The maximum atomic E-state index is 10.6. The summed E-state index contributed by atoms with van der Waals surface area (Å²) in [7, 11) is 0. The number of aromatic nitrogens is 2. The van der Waals surface area contributed by atoms with Crippen LogP contribution < -0.4 is 4.68 Å². The fraction of sp³-hybridized carbons (Fsp3) is 0. The molecule has 6 heteroatoms. The van der Waals surface area contributed by atoms with Crippen molar-refractivity contribution in [1.82, 2.24) is 5.27 Å². The summed E-state index contributed by atoms with van der Waals surface area (Å²) in [6.45, 7) is 0. The van der Waals surface area contributed by atoms with Gasteiger partial charge in [-0.25, -0.2) is 4.79 Å². The number of aromatic hydroxyl groups is 1. The Kier molecular flexibility index (Phi) is 2.09. The molecule has 15 heavy (non-hydrogen) atoms. The van der Waals surface area contributed by atoms with Crippen LogP contribution in [0.25, 0.3) is 5.69 Å². The number of rotatable bonds is 2. The molecule has 0 saturated carbocycles. The van der Waals surface area contributed by atoms with Crippen LogP contribution in [0.3, 0.4) is 0 Å². The van der Waals surface area contributed by atoms with Gasteiger partial charge in [0.05, 0.1) is 5.56 Å². The van der Waals surface area contributed by atoms with Crippen LogP contribution in [0, 0.1) is 0 Å². The van der Waals surface area contributed by atoms with Crippen LogP contribution in [0.15, 0.2) is 35.0 Å². The summed E-state index contributed by atoms with van der Waals surface area (Å²) in [6.07, 6.45) is 1.27. The van der Waals surface area contributed by atoms with Crippen molar-refractivity contribution in [1.29, 1.82) is 0 Å². The molecule has 1 aromatic carbocycles. The summed E-state index contributed by atoms with van der Waals surface area (Å²) in [5, 5.41) is 21.1. The van der Waals surface area contributed by atoms with E-state index in [9.17, 15) is 4.79 Å². The number of nitrogens with zero attached hydrogens (tertiary/aromatic N) is 2. The summed E-state index contributed by atoms with van der Waals surface area (Å²) in [5.74, 6) is -1.30. The van der Waals surface area contributed by atoms with Gasteiger partial charge < -0.3 is 10.2 Å². The van der Waals surface area contributed by atoms with Crippen molar-refractivity contribution in [3.63, 3.8) is 0 Å². The van der Waals surface area contributed by atoms with E-state index in [2.05, 4.69) is 9.79 Å². The van der Waals surface area contributed by atoms with Gasteiger partial charge in [-0.15, -0.1) is 0 Å². The van der Waals surface area contributed by atoms with E-state index in [1.807, 2.05) is 0 Å². The quantitative estimate of drug-likeness (QED) is 0.694. The first-order valence-electron chi connectivity index (χ1n) is 4.08. The zero-order chi connectivity index (χ0) is 10.8. The van der Waals surface area contributed by atoms with Gasteiger partial charge in [-0.1, -0.05) is 0 Å². The number of carbonyl (C=O) groups is 1. The molecule has 2 N–H and O–H groups in total. The minimum absolute atomic E-state index is 0.187. The van der Waals surface area contributed by atoms with Crippen molar-refractivity contribution < 1.29 is 24.2 Å². The van der Waals surface area contributed by atoms with Gasteiger partial charge in [0, 0.05) is 12.1 Å². The van der Waals surface area contributed by atoms with Crippen LogP contribution in [0.2, 0.25) is 0 Å². The van der Waals surface area contributed by atoms with E-state index in [4.69, 9.17) is 10.2 Å². The van der Waals surface area contributed by atoms with Crippen LogP contribution in [0.1, 0.15) is 10.4 Å². The highest BCUT2D eigenvalue weighted by Crippen LogP contribution is 2.06. The molecule has 76 valence electrons. The molecule has 0 bridgehead atoms. The molecule has 0 aliphatic carbocycles. The predicted molar refractivity (Wildman–Crippen MR) is 46.7 cm³/mol. The maximum Gasteiger partial charge on any atom is 0.381 e. The summed E-state index contributed by atoms with van der Waals surface area (Å²) < 4.78 is 5.74. The first-order valence-corrected chi connectivity index (χ1v) is 4.08. The number of aromatic carboxylic acids is 1. The molecular formula is C9H7N2O4+. The summed E-state index contributed by atoms with van der Waals surface area (Å²) in [6, 6.07) is 6.00. The lowest BCUT2D eigenvalue weighted by atomic mass is 10.2. The normalized spacial score (nSPS) is 10.1. The first-order chi connectivity index (χ1) is 7.16. The highest BCUT2D eigenvalue weighted by atomic mass is 16.6. The van der Waals surface area contributed by atoms with Crippen LogP contribution in [-0.4, -0.2) is 21.5 Å². The van der Waals surface area contributed by atoms with Gasteiger partial charge in [0.2, 0.25) is 11.0 Å². The van der Waals surface area contributed by atoms with E-state index < -0.39 is 5.97 Å². The van der Waals surface area contributed by atoms with Gasteiger partial charge in [-0.05, 0) is 16.8 Å². The largest absolute Gasteiger partial charge is 0.478 e. The van der Waals surface area contributed by atoms with E-state index in [0.717, 1.165) is 0 Å². The Hall–Kier alpha value is -2.37. The van der Waals surface area contributed by atoms with Gasteiger partial charge in [0.25, 0.3) is 6.20 Å². The third-order valence-electron chi connectivity index (χ3n) is 1.83. The lowest BCUT2D eigenvalue weighted by Crippen LogP contribution is -2.31. The van der Waals surface area contributed by atoms with Crippen molar-refractivity contribution in [2.24, 2.45) is 0 Å². The molecule has 0 radical (unpaired) electrons. The fourth-order valence-electron chi connectivity index (χ4n) is 1.12. The maximum absolute atomic E-state index is 10.6. The molecular weight excluding hydrogens is 200 g/mol. The number of carboxylic acid groups (broad SMARTS) is 1. The zero-order valence-corrected chi connectivity index (χ0v) is 7.49. The minimum Gasteiger partial charge on any atom is -0.478 e. The first kappa shape index (κ1) is 9.20. The Labute approximate surface area is 84.0 Å². The molecule has 6 nitrogen and oxygen atoms in total. The number of carboxylic acids is 1. The molecule has 0 saturated heterocycles. The average molecular weight is 207 g/mol. The molecule has 0 atom stereocenters. The van der Waals surface area contributed by atoms with Crippen molar-refractivity contribution in [3.8, 4) is 11.6 Å². The van der Waals surface area contributed by atoms with E-state index in [0.29, 0.717) is 5.69 Å². The highest BCUT2D eigenvalue weighted by Gasteiger charge is 2.14. The van der Waals surface area contributed by atoms with E-state index >= 15 is 0 Å². The third kappa shape index (κ3) is 1.78. The molecule has 2 rings (SSSR count). The standard InChI is InChI=1S/C9H6N2O4/c12-8-5-11(10-15-8)7-3-1-6(2-4-7)9(13)14/h1-5H,(H-,10,12,13,14)/p+1. The van der Waals surface area contributed by atoms with Crippen molar-refractivity contribution >= 4 is 5.97 Å². The molecule has 0 spiro atoms. The molecule has 1 aromatic heterocycles. The molecule has 0 fully saturated rings. The van der Waals surface area contributed by atoms with Gasteiger partial charge in [0.1, 0.15) is 0 Å². The van der Waals surface area contributed by atoms with Crippen molar-refractivity contribution in [3.05, 3.63) is 36.0 Å². The molecule has 0 unspecified atom stereocenters. The van der Waals surface area contributed by atoms with E-state index in [1.54, 1.807) is 12.1 Å². The minimum atomic E-state index is -0.991. The second kappa shape index (κ2) is 3.41. The third-order valence-corrected chi connectivity index (χ3v) is 1.83. The second-order valence-corrected chi connectivity index (χ2v) is 2.84. The Morgan fingerprint density at radius 2 is 2.00 bits per heavy atom. The topological polar surface area (TPSA) is 87.4 Å². The lowest BCUT2D eigenvalue weighted by molar-refractivity contribution is -0.670. The van der Waals surface area contributed by atoms with Gasteiger partial charge >= 0.3 is 11.9 Å². The Balaban J connectivity index is 2.35. The fourth-order valence-corrected chi connectivity index (χ4v) is 1.12. The summed E-state index contributed by atoms with van der Waals surface area (Å²) in [5.41, 5.74) is 0.788. The van der Waals surface area contributed by atoms with Crippen LogP contribution in [0.5, 0.6) is 5.95 Å². The van der Waals surface area contributed by atoms with Crippen molar-refractivity contribution in [2.75, 3.05) is 0 Å². The average Bonchev–Trinajstić information content (AvgIpc) is 2.65. The monoisotopic (exact) mass is 207 g/mol. The Bertz CT molecular complexity index is 489. The van der Waals surface area contributed by atoms with Gasteiger partial charge in [-0.3, -0.25) is 4.52 Å². The molecule has 1 heterocycles. The number of benzene rings is 1.